The molecule has 0 aliphatic rings. The highest BCUT2D eigenvalue weighted by atomic mass is 16.1. The number of nitrogens with zero attached hydrogens (tertiary/aromatic N) is 3. The van der Waals surface area contributed by atoms with Crippen molar-refractivity contribution in [3.8, 4) is 0 Å². The molecular weight excluding hydrogens is 288 g/mol. The van der Waals surface area contributed by atoms with Crippen molar-refractivity contribution in [1.29, 1.82) is 0 Å². The first-order valence-corrected chi connectivity index (χ1v) is 7.21. The number of nitrogens with one attached hydrogen (secondary N) is 1. The fraction of sp³-hybridized carbons (Fsp3) is 0.0556. The van der Waals surface area contributed by atoms with Crippen molar-refractivity contribution in [2.24, 2.45) is 0 Å². The van der Waals surface area contributed by atoms with Gasteiger partial charge >= 0.3 is 0 Å². The Bertz CT molecular complexity index is 790. The van der Waals surface area contributed by atoms with Crippen LogP contribution in [-0.4, -0.2) is 22.9 Å². The number of aromatic nitrogens is 2. The van der Waals surface area contributed by atoms with E-state index in [1.807, 2.05) is 66.5 Å². The number of carbonyl (C=O) groups excluding carboxylic acids is 1. The van der Waals surface area contributed by atoms with Gasteiger partial charge in [0, 0.05) is 25.1 Å². The van der Waals surface area contributed by atoms with Crippen LogP contribution in [0.25, 0.3) is 0 Å². The second-order valence-electron chi connectivity index (χ2n) is 4.96. The van der Waals surface area contributed by atoms with E-state index in [2.05, 4.69) is 15.3 Å². The van der Waals surface area contributed by atoms with E-state index in [0.717, 1.165) is 17.1 Å². The van der Waals surface area contributed by atoms with E-state index in [-0.39, 0.29) is 11.6 Å². The van der Waals surface area contributed by atoms with Crippen LogP contribution in [0.5, 0.6) is 0 Å². The standard InChI is InChI=1S/C18H16N4O/c1-22(14-7-3-2-4-8-14)17-10-6-5-9-15(17)21-18(23)16-13-19-11-12-20-16/h2-13H,1H3,(H,21,23). The minimum absolute atomic E-state index is 0.282. The SMILES string of the molecule is CN(c1ccccc1)c1ccccc1NC(=O)c1cnccn1. The highest BCUT2D eigenvalue weighted by Gasteiger charge is 2.13. The maximum Gasteiger partial charge on any atom is 0.275 e. The third-order valence-corrected chi connectivity index (χ3v) is 3.45. The van der Waals surface area contributed by atoms with Crippen LogP contribution in [-0.2, 0) is 0 Å². The molecule has 2 aromatic carbocycles. The van der Waals surface area contributed by atoms with E-state index in [4.69, 9.17) is 0 Å². The maximum atomic E-state index is 12.3. The summed E-state index contributed by atoms with van der Waals surface area (Å²) in [6.45, 7) is 0. The van der Waals surface area contributed by atoms with Crippen LogP contribution in [0.3, 0.4) is 0 Å². The molecule has 0 spiro atoms. The zero-order valence-electron chi connectivity index (χ0n) is 12.7. The summed E-state index contributed by atoms with van der Waals surface area (Å²) in [4.78, 5) is 22.3. The zero-order chi connectivity index (χ0) is 16.1. The molecule has 3 aromatic rings. The average Bonchev–Trinajstić information content (AvgIpc) is 2.63. The van der Waals surface area contributed by atoms with Gasteiger partial charge in [0.15, 0.2) is 0 Å². The number of hydrogen-bond acceptors (Lipinski definition) is 4. The molecule has 23 heavy (non-hydrogen) atoms. The largest absolute Gasteiger partial charge is 0.343 e. The third-order valence-electron chi connectivity index (χ3n) is 3.45. The summed E-state index contributed by atoms with van der Waals surface area (Å²) in [6, 6.07) is 17.6. The predicted molar refractivity (Wildman–Crippen MR) is 90.9 cm³/mol. The lowest BCUT2D eigenvalue weighted by Crippen LogP contribution is -2.17. The lowest BCUT2D eigenvalue weighted by atomic mass is 10.2. The number of amides is 1. The first-order valence-electron chi connectivity index (χ1n) is 7.21. The van der Waals surface area contributed by atoms with Crippen LogP contribution in [0.2, 0.25) is 0 Å². The number of anilines is 3. The molecule has 1 amide bonds. The molecule has 3 rings (SSSR count). The number of benzene rings is 2. The molecule has 5 heteroatoms. The topological polar surface area (TPSA) is 58.1 Å². The van der Waals surface area contributed by atoms with Crippen molar-refractivity contribution >= 4 is 23.0 Å². The highest BCUT2D eigenvalue weighted by Crippen LogP contribution is 2.30. The summed E-state index contributed by atoms with van der Waals surface area (Å²) in [5.41, 5.74) is 2.93. The number of para-hydroxylation sites is 3. The van der Waals surface area contributed by atoms with Gasteiger partial charge in [-0.3, -0.25) is 9.78 Å². The van der Waals surface area contributed by atoms with Crippen LogP contribution in [0, 0.1) is 0 Å². The fourth-order valence-corrected chi connectivity index (χ4v) is 2.27. The molecule has 1 aromatic heterocycles. The number of carbonyl (C=O) groups is 1. The van der Waals surface area contributed by atoms with E-state index in [1.165, 1.54) is 18.6 Å². The Morgan fingerprint density at radius 1 is 1.00 bits per heavy atom. The van der Waals surface area contributed by atoms with E-state index in [0.29, 0.717) is 0 Å². The first-order chi connectivity index (χ1) is 11.3. The summed E-state index contributed by atoms with van der Waals surface area (Å²) in [5.74, 6) is -0.285. The second kappa shape index (κ2) is 6.70. The molecule has 0 unspecified atom stereocenters. The van der Waals surface area contributed by atoms with Crippen molar-refractivity contribution in [1.82, 2.24) is 9.97 Å². The molecule has 5 nitrogen and oxygen atoms in total. The van der Waals surface area contributed by atoms with Gasteiger partial charge in [-0.25, -0.2) is 4.98 Å². The predicted octanol–water partition coefficient (Wildman–Crippen LogP) is 3.50. The van der Waals surface area contributed by atoms with Gasteiger partial charge < -0.3 is 10.2 Å². The highest BCUT2D eigenvalue weighted by molar-refractivity contribution is 6.04. The van der Waals surface area contributed by atoms with E-state index >= 15 is 0 Å². The fourth-order valence-electron chi connectivity index (χ4n) is 2.27. The molecular formula is C18H16N4O. The molecule has 114 valence electrons. The summed E-state index contributed by atoms with van der Waals surface area (Å²) in [7, 11) is 1.96. The van der Waals surface area contributed by atoms with Crippen molar-refractivity contribution in [3.63, 3.8) is 0 Å². The molecule has 1 N–H and O–H groups in total. The van der Waals surface area contributed by atoms with E-state index in [1.54, 1.807) is 0 Å². The Morgan fingerprint density at radius 3 is 2.48 bits per heavy atom. The molecule has 0 aliphatic carbocycles. The van der Waals surface area contributed by atoms with Crippen LogP contribution < -0.4 is 10.2 Å². The monoisotopic (exact) mass is 304 g/mol. The van der Waals surface area contributed by atoms with Crippen molar-refractivity contribution in [3.05, 3.63) is 78.9 Å². The Kier molecular flexibility index (Phi) is 4.29. The van der Waals surface area contributed by atoms with Gasteiger partial charge in [0.1, 0.15) is 5.69 Å². The minimum Gasteiger partial charge on any atom is -0.343 e. The number of hydrogen-bond donors (Lipinski definition) is 1. The Labute approximate surface area is 134 Å². The summed E-state index contributed by atoms with van der Waals surface area (Å²) < 4.78 is 0. The van der Waals surface area contributed by atoms with Crippen LogP contribution in [0.15, 0.2) is 73.2 Å². The molecule has 0 saturated carbocycles. The van der Waals surface area contributed by atoms with Crippen molar-refractivity contribution in [2.45, 2.75) is 0 Å². The van der Waals surface area contributed by atoms with Gasteiger partial charge in [-0.2, -0.15) is 0 Å². The molecule has 0 fully saturated rings. The molecule has 0 bridgehead atoms. The zero-order valence-corrected chi connectivity index (χ0v) is 12.7. The van der Waals surface area contributed by atoms with Gasteiger partial charge in [-0.15, -0.1) is 0 Å². The normalized spacial score (nSPS) is 10.1. The first kappa shape index (κ1) is 14.7. The van der Waals surface area contributed by atoms with Crippen LogP contribution >= 0.6 is 0 Å². The Morgan fingerprint density at radius 2 is 1.74 bits per heavy atom. The number of rotatable bonds is 4. The molecule has 0 aliphatic heterocycles. The molecule has 0 saturated heterocycles. The lowest BCUT2D eigenvalue weighted by Gasteiger charge is -2.22. The third kappa shape index (κ3) is 3.35. The Hall–Kier alpha value is -3.21. The van der Waals surface area contributed by atoms with Gasteiger partial charge in [0.25, 0.3) is 5.91 Å². The summed E-state index contributed by atoms with van der Waals surface area (Å²) in [6.07, 6.45) is 4.48. The van der Waals surface area contributed by atoms with Gasteiger partial charge in [0.2, 0.25) is 0 Å². The molecule has 0 radical (unpaired) electrons. The molecule has 0 atom stereocenters. The van der Waals surface area contributed by atoms with E-state index in [9.17, 15) is 4.79 Å². The van der Waals surface area contributed by atoms with Crippen LogP contribution in [0.1, 0.15) is 10.5 Å². The second-order valence-corrected chi connectivity index (χ2v) is 4.96. The summed E-state index contributed by atoms with van der Waals surface area (Å²) >= 11 is 0. The average molecular weight is 304 g/mol. The van der Waals surface area contributed by atoms with Gasteiger partial charge in [-0.05, 0) is 24.3 Å². The summed E-state index contributed by atoms with van der Waals surface area (Å²) in [5, 5.41) is 2.89. The smallest absolute Gasteiger partial charge is 0.275 e. The van der Waals surface area contributed by atoms with Gasteiger partial charge in [0.05, 0.1) is 17.6 Å². The molecule has 1 heterocycles. The van der Waals surface area contributed by atoms with Crippen molar-refractivity contribution in [2.75, 3.05) is 17.3 Å². The van der Waals surface area contributed by atoms with Crippen LogP contribution in [0.4, 0.5) is 17.1 Å². The maximum absolute atomic E-state index is 12.3. The quantitative estimate of drug-likeness (QED) is 0.801. The minimum atomic E-state index is -0.285. The van der Waals surface area contributed by atoms with E-state index < -0.39 is 0 Å². The lowest BCUT2D eigenvalue weighted by molar-refractivity contribution is 0.102. The Balaban J connectivity index is 1.88. The van der Waals surface area contributed by atoms with Crippen molar-refractivity contribution < 1.29 is 4.79 Å². The van der Waals surface area contributed by atoms with Gasteiger partial charge in [-0.1, -0.05) is 30.3 Å².